The molecule has 0 aromatic carbocycles. The summed E-state index contributed by atoms with van der Waals surface area (Å²) >= 11 is 1.51. The molecule has 106 valence electrons. The van der Waals surface area contributed by atoms with Crippen molar-refractivity contribution in [3.05, 3.63) is 0 Å². The fourth-order valence-electron chi connectivity index (χ4n) is 1.79. The van der Waals surface area contributed by atoms with Crippen LogP contribution in [0.25, 0.3) is 0 Å². The fourth-order valence-corrected chi connectivity index (χ4v) is 2.34. The van der Waals surface area contributed by atoms with E-state index in [-0.39, 0.29) is 4.75 Å². The highest BCUT2D eigenvalue weighted by molar-refractivity contribution is 7.99. The minimum atomic E-state index is -4.08. The Morgan fingerprint density at radius 1 is 1.22 bits per heavy atom. The van der Waals surface area contributed by atoms with Crippen LogP contribution in [0.4, 0.5) is 13.2 Å². The van der Waals surface area contributed by atoms with Crippen molar-refractivity contribution in [2.24, 2.45) is 10.3 Å². The molecule has 1 heterocycles. The van der Waals surface area contributed by atoms with Gasteiger partial charge in [0.15, 0.2) is 0 Å². The molecule has 0 unspecified atom stereocenters. The van der Waals surface area contributed by atoms with Gasteiger partial charge in [0.1, 0.15) is 0 Å². The Morgan fingerprint density at radius 2 is 1.78 bits per heavy atom. The molecule has 1 aliphatic rings. The second kappa shape index (κ2) is 6.28. The summed E-state index contributed by atoms with van der Waals surface area (Å²) in [6, 6.07) is 0. The van der Waals surface area contributed by atoms with Crippen molar-refractivity contribution in [2.45, 2.75) is 44.5 Å². The Morgan fingerprint density at radius 3 is 2.22 bits per heavy atom. The smallest absolute Gasteiger partial charge is 0.295 e. The third-order valence-corrected chi connectivity index (χ3v) is 3.41. The van der Waals surface area contributed by atoms with E-state index < -0.39 is 12.7 Å². The molecule has 1 rings (SSSR count). The molecule has 2 nitrogen and oxygen atoms in total. The van der Waals surface area contributed by atoms with Crippen molar-refractivity contribution < 1.29 is 13.2 Å². The van der Waals surface area contributed by atoms with Gasteiger partial charge in [-0.15, -0.1) is 0 Å². The summed E-state index contributed by atoms with van der Waals surface area (Å²) in [4.78, 5) is 1.47. The van der Waals surface area contributed by atoms with Gasteiger partial charge in [-0.05, 0) is 64.6 Å². The molecule has 1 aliphatic heterocycles. The maximum atomic E-state index is 12.2. The van der Waals surface area contributed by atoms with Crippen LogP contribution in [-0.2, 0) is 0 Å². The summed E-state index contributed by atoms with van der Waals surface area (Å²) in [5, 5.41) is 0. The van der Waals surface area contributed by atoms with Gasteiger partial charge in [-0.3, -0.25) is 4.90 Å². The van der Waals surface area contributed by atoms with Crippen molar-refractivity contribution in [3.8, 4) is 0 Å². The standard InChI is InChI=1S/C12H21F3N2S/c1-11(2,3)18-16-8-10-4-6-17(7-5-10)9-12(13,14)15/h8,10H,4-7,9H2,1-3H3/b16-8+. The molecule has 1 fully saturated rings. The zero-order valence-corrected chi connectivity index (χ0v) is 11.9. The summed E-state index contributed by atoms with van der Waals surface area (Å²) in [7, 11) is 0. The van der Waals surface area contributed by atoms with Crippen molar-refractivity contribution in [2.75, 3.05) is 19.6 Å². The molecular formula is C12H21F3N2S. The SMILES string of the molecule is CC(C)(C)S/N=C/C1CCN(CC(F)(F)F)CC1. The summed E-state index contributed by atoms with van der Waals surface area (Å²) in [5.41, 5.74) is 0. The van der Waals surface area contributed by atoms with E-state index in [9.17, 15) is 13.2 Å². The minimum Gasteiger partial charge on any atom is -0.295 e. The van der Waals surface area contributed by atoms with Crippen LogP contribution in [-0.4, -0.2) is 41.7 Å². The van der Waals surface area contributed by atoms with E-state index in [4.69, 9.17) is 0 Å². The summed E-state index contributed by atoms with van der Waals surface area (Å²) < 4.78 is 41.0. The monoisotopic (exact) mass is 282 g/mol. The summed E-state index contributed by atoms with van der Waals surface area (Å²) in [5.74, 6) is 0.323. The molecule has 0 saturated carbocycles. The van der Waals surface area contributed by atoms with Gasteiger partial charge >= 0.3 is 6.18 Å². The molecule has 1 saturated heterocycles. The van der Waals surface area contributed by atoms with E-state index in [2.05, 4.69) is 25.2 Å². The third-order valence-electron chi connectivity index (χ3n) is 2.63. The van der Waals surface area contributed by atoms with Crippen molar-refractivity contribution in [3.63, 3.8) is 0 Å². The van der Waals surface area contributed by atoms with Crippen LogP contribution in [0.3, 0.4) is 0 Å². The number of likely N-dealkylation sites (tertiary alicyclic amines) is 1. The average molecular weight is 282 g/mol. The number of alkyl halides is 3. The molecule has 0 aromatic rings. The highest BCUT2D eigenvalue weighted by atomic mass is 32.2. The van der Waals surface area contributed by atoms with E-state index in [0.29, 0.717) is 19.0 Å². The van der Waals surface area contributed by atoms with Gasteiger partial charge in [0, 0.05) is 11.0 Å². The second-order valence-corrected chi connectivity index (χ2v) is 7.31. The molecular weight excluding hydrogens is 261 g/mol. The van der Waals surface area contributed by atoms with Crippen LogP contribution in [0.1, 0.15) is 33.6 Å². The molecule has 18 heavy (non-hydrogen) atoms. The quantitative estimate of drug-likeness (QED) is 0.578. The van der Waals surface area contributed by atoms with E-state index >= 15 is 0 Å². The van der Waals surface area contributed by atoms with Gasteiger partial charge in [0.25, 0.3) is 0 Å². The van der Waals surface area contributed by atoms with Crippen molar-refractivity contribution in [1.82, 2.24) is 4.90 Å². The number of hydrogen-bond donors (Lipinski definition) is 0. The first kappa shape index (κ1) is 15.8. The van der Waals surface area contributed by atoms with Crippen LogP contribution in [0.2, 0.25) is 0 Å². The first-order valence-corrected chi connectivity index (χ1v) is 6.94. The van der Waals surface area contributed by atoms with Gasteiger partial charge in [0.05, 0.1) is 6.54 Å². The lowest BCUT2D eigenvalue weighted by atomic mass is 9.98. The van der Waals surface area contributed by atoms with Crippen molar-refractivity contribution >= 4 is 18.2 Å². The first-order chi connectivity index (χ1) is 8.16. The largest absolute Gasteiger partial charge is 0.401 e. The first-order valence-electron chi connectivity index (χ1n) is 6.16. The maximum absolute atomic E-state index is 12.2. The number of rotatable bonds is 3. The minimum absolute atomic E-state index is 0.0908. The molecule has 0 amide bonds. The molecule has 0 bridgehead atoms. The molecule has 0 atom stereocenters. The Kier molecular flexibility index (Phi) is 5.52. The maximum Gasteiger partial charge on any atom is 0.401 e. The van der Waals surface area contributed by atoms with Gasteiger partial charge in [-0.25, -0.2) is 4.40 Å². The van der Waals surface area contributed by atoms with Gasteiger partial charge in [0.2, 0.25) is 0 Å². The summed E-state index contributed by atoms with van der Waals surface area (Å²) in [6.07, 6.45) is -0.640. The van der Waals surface area contributed by atoms with Gasteiger partial charge in [-0.2, -0.15) is 13.2 Å². The lowest BCUT2D eigenvalue weighted by Gasteiger charge is -2.30. The zero-order chi connectivity index (χ0) is 13.8. The molecule has 0 N–H and O–H groups in total. The highest BCUT2D eigenvalue weighted by Crippen LogP contribution is 2.25. The van der Waals surface area contributed by atoms with E-state index in [0.717, 1.165) is 12.8 Å². The number of halogens is 3. The number of hydrogen-bond acceptors (Lipinski definition) is 3. The molecule has 0 aromatic heterocycles. The lowest BCUT2D eigenvalue weighted by molar-refractivity contribution is -0.148. The average Bonchev–Trinajstić information content (AvgIpc) is 2.16. The summed E-state index contributed by atoms with van der Waals surface area (Å²) in [6.45, 7) is 6.49. The molecule has 0 aliphatic carbocycles. The Labute approximate surface area is 111 Å². The normalized spacial score (nSPS) is 20.8. The fraction of sp³-hybridized carbons (Fsp3) is 0.917. The van der Waals surface area contributed by atoms with Gasteiger partial charge in [-0.1, -0.05) is 0 Å². The predicted molar refractivity (Wildman–Crippen MR) is 71.1 cm³/mol. The van der Waals surface area contributed by atoms with Crippen LogP contribution >= 0.6 is 11.9 Å². The van der Waals surface area contributed by atoms with E-state index in [1.54, 1.807) is 0 Å². The number of piperidine rings is 1. The Balaban J connectivity index is 2.27. The van der Waals surface area contributed by atoms with Gasteiger partial charge < -0.3 is 0 Å². The highest BCUT2D eigenvalue weighted by Gasteiger charge is 2.32. The number of nitrogens with zero attached hydrogens (tertiary/aromatic N) is 2. The van der Waals surface area contributed by atoms with Crippen LogP contribution in [0.5, 0.6) is 0 Å². The Bertz CT molecular complexity index is 276. The second-order valence-electron chi connectivity index (χ2n) is 5.69. The molecule has 0 radical (unpaired) electrons. The predicted octanol–water partition coefficient (Wildman–Crippen LogP) is 3.78. The van der Waals surface area contributed by atoms with Crippen LogP contribution in [0.15, 0.2) is 4.40 Å². The third kappa shape index (κ3) is 7.26. The molecule has 0 spiro atoms. The van der Waals surface area contributed by atoms with Crippen molar-refractivity contribution in [1.29, 1.82) is 0 Å². The lowest BCUT2D eigenvalue weighted by Crippen LogP contribution is -2.40. The topological polar surface area (TPSA) is 15.6 Å². The van der Waals surface area contributed by atoms with Crippen LogP contribution < -0.4 is 0 Å². The molecule has 6 heteroatoms. The van der Waals surface area contributed by atoms with E-state index in [1.165, 1.54) is 16.8 Å². The Hall–Kier alpha value is -0.230. The van der Waals surface area contributed by atoms with E-state index in [1.807, 2.05) is 6.21 Å². The van der Waals surface area contributed by atoms with Crippen LogP contribution in [0, 0.1) is 5.92 Å². The zero-order valence-electron chi connectivity index (χ0n) is 11.1.